The van der Waals surface area contributed by atoms with E-state index in [9.17, 15) is 5.11 Å². The zero-order valence-corrected chi connectivity index (χ0v) is 12.0. The van der Waals surface area contributed by atoms with Crippen LogP contribution in [0.4, 0.5) is 0 Å². The van der Waals surface area contributed by atoms with Crippen LogP contribution >= 0.6 is 11.6 Å². The van der Waals surface area contributed by atoms with E-state index in [0.29, 0.717) is 17.4 Å². The fraction of sp³-hybridized carbons (Fsp3) is 0.769. The van der Waals surface area contributed by atoms with Crippen LogP contribution in [-0.2, 0) is 13.0 Å². The van der Waals surface area contributed by atoms with Gasteiger partial charge >= 0.3 is 0 Å². The topological polar surface area (TPSA) is 38.1 Å². The van der Waals surface area contributed by atoms with Crippen LogP contribution in [-0.4, -0.2) is 21.0 Å². The summed E-state index contributed by atoms with van der Waals surface area (Å²) in [6.45, 7) is 8.96. The lowest BCUT2D eigenvalue weighted by Gasteiger charge is -2.20. The lowest BCUT2D eigenvalue weighted by Crippen LogP contribution is -2.23. The molecule has 4 heteroatoms. The average molecular weight is 259 g/mol. The van der Waals surface area contributed by atoms with Crippen molar-refractivity contribution < 1.29 is 5.11 Å². The molecule has 0 bridgehead atoms. The number of aliphatic hydroxyl groups is 1. The van der Waals surface area contributed by atoms with Gasteiger partial charge in [-0.2, -0.15) is 5.10 Å². The number of aliphatic hydroxyl groups excluding tert-OH is 1. The van der Waals surface area contributed by atoms with Crippen molar-refractivity contribution in [1.29, 1.82) is 0 Å². The van der Waals surface area contributed by atoms with Gasteiger partial charge in [-0.25, -0.2) is 0 Å². The number of rotatable bonds is 6. The van der Waals surface area contributed by atoms with Crippen molar-refractivity contribution in [3.63, 3.8) is 0 Å². The highest BCUT2D eigenvalue weighted by Crippen LogP contribution is 2.24. The van der Waals surface area contributed by atoms with Gasteiger partial charge in [0.1, 0.15) is 0 Å². The molecule has 1 rings (SSSR count). The summed E-state index contributed by atoms with van der Waals surface area (Å²) in [5.41, 5.74) is 1.81. The summed E-state index contributed by atoms with van der Waals surface area (Å²) in [5, 5.41) is 15.3. The van der Waals surface area contributed by atoms with Crippen LogP contribution < -0.4 is 0 Å². The van der Waals surface area contributed by atoms with E-state index in [4.69, 9.17) is 11.6 Å². The molecule has 0 amide bonds. The van der Waals surface area contributed by atoms with Crippen molar-refractivity contribution in [2.45, 2.75) is 59.6 Å². The van der Waals surface area contributed by atoms with Gasteiger partial charge in [0, 0.05) is 13.0 Å². The van der Waals surface area contributed by atoms with E-state index < -0.39 is 0 Å². The maximum Gasteiger partial charge on any atom is 0.0848 e. The average Bonchev–Trinajstić information content (AvgIpc) is 2.58. The molecule has 0 fully saturated rings. The molecule has 98 valence electrons. The maximum absolute atomic E-state index is 10.2. The molecule has 0 aromatic carbocycles. The summed E-state index contributed by atoms with van der Waals surface area (Å²) in [4.78, 5) is 0. The second kappa shape index (κ2) is 6.41. The zero-order valence-electron chi connectivity index (χ0n) is 11.2. The molecule has 1 aromatic heterocycles. The van der Waals surface area contributed by atoms with Crippen LogP contribution in [0, 0.1) is 12.8 Å². The largest absolute Gasteiger partial charge is 0.392 e. The van der Waals surface area contributed by atoms with Gasteiger partial charge < -0.3 is 5.11 Å². The molecular formula is C13H23ClN2O. The lowest BCUT2D eigenvalue weighted by molar-refractivity contribution is 0.101. The van der Waals surface area contributed by atoms with Gasteiger partial charge in [-0.3, -0.25) is 4.68 Å². The van der Waals surface area contributed by atoms with Gasteiger partial charge in [0.15, 0.2) is 0 Å². The van der Waals surface area contributed by atoms with E-state index in [1.54, 1.807) is 0 Å². The van der Waals surface area contributed by atoms with E-state index in [-0.39, 0.29) is 6.10 Å². The fourth-order valence-corrected chi connectivity index (χ4v) is 2.47. The smallest absolute Gasteiger partial charge is 0.0848 e. The Labute approximate surface area is 109 Å². The summed E-state index contributed by atoms with van der Waals surface area (Å²) in [6, 6.07) is 0. The van der Waals surface area contributed by atoms with Gasteiger partial charge in [0.05, 0.1) is 22.5 Å². The van der Waals surface area contributed by atoms with Crippen molar-refractivity contribution in [2.24, 2.45) is 5.92 Å². The first-order valence-electron chi connectivity index (χ1n) is 6.44. The lowest BCUT2D eigenvalue weighted by atomic mass is 9.93. The number of nitrogens with zero attached hydrogens (tertiary/aromatic N) is 2. The van der Waals surface area contributed by atoms with E-state index in [1.807, 2.05) is 18.5 Å². The minimum atomic E-state index is -0.330. The Bertz CT molecular complexity index is 359. The van der Waals surface area contributed by atoms with Crippen LogP contribution in [0.15, 0.2) is 0 Å². The minimum Gasteiger partial charge on any atom is -0.392 e. The summed E-state index contributed by atoms with van der Waals surface area (Å²) >= 11 is 6.23. The van der Waals surface area contributed by atoms with Crippen molar-refractivity contribution in [1.82, 2.24) is 9.78 Å². The molecule has 0 spiro atoms. The van der Waals surface area contributed by atoms with Gasteiger partial charge in [-0.15, -0.1) is 0 Å². The molecule has 1 atom stereocenters. The van der Waals surface area contributed by atoms with Crippen LogP contribution in [0.2, 0.25) is 5.02 Å². The predicted octanol–water partition coefficient (Wildman–Crippen LogP) is 3.20. The van der Waals surface area contributed by atoms with E-state index in [0.717, 1.165) is 30.8 Å². The van der Waals surface area contributed by atoms with Crippen LogP contribution in [0.25, 0.3) is 0 Å². The molecule has 0 saturated carbocycles. The second-order valence-corrected chi connectivity index (χ2v) is 4.89. The molecule has 3 nitrogen and oxygen atoms in total. The minimum absolute atomic E-state index is 0.330. The summed E-state index contributed by atoms with van der Waals surface area (Å²) in [6.07, 6.45) is 2.26. The van der Waals surface area contributed by atoms with Crippen molar-refractivity contribution in [3.8, 4) is 0 Å². The molecule has 0 aliphatic rings. The standard InChI is InChI=1S/C13H23ClN2O/c1-5-10(6-2)12(17)8-11-13(14)9(4)15-16(11)7-3/h10,12,17H,5-8H2,1-4H3. The van der Waals surface area contributed by atoms with Crippen LogP contribution in [0.5, 0.6) is 0 Å². The molecule has 0 aliphatic heterocycles. The third-order valence-corrected chi connectivity index (χ3v) is 3.94. The number of hydrogen-bond donors (Lipinski definition) is 1. The molecule has 0 saturated heterocycles. The first kappa shape index (κ1) is 14.5. The molecule has 17 heavy (non-hydrogen) atoms. The SMILES string of the molecule is CCC(CC)C(O)Cc1c(Cl)c(C)nn1CC. The molecule has 0 radical (unpaired) electrons. The normalized spacial score (nSPS) is 13.4. The first-order chi connectivity index (χ1) is 8.04. The maximum atomic E-state index is 10.2. The van der Waals surface area contributed by atoms with E-state index in [2.05, 4.69) is 18.9 Å². The van der Waals surface area contributed by atoms with Crippen molar-refractivity contribution in [2.75, 3.05) is 0 Å². The number of halogens is 1. The Morgan fingerprint density at radius 2 is 1.88 bits per heavy atom. The zero-order chi connectivity index (χ0) is 13.0. The number of aryl methyl sites for hydroxylation is 2. The Kier molecular flexibility index (Phi) is 5.47. The summed E-state index contributed by atoms with van der Waals surface area (Å²) in [5.74, 6) is 0.339. The molecule has 0 aliphatic carbocycles. The van der Waals surface area contributed by atoms with E-state index >= 15 is 0 Å². The third kappa shape index (κ3) is 3.23. The molecule has 1 heterocycles. The summed E-state index contributed by atoms with van der Waals surface area (Å²) < 4.78 is 1.89. The van der Waals surface area contributed by atoms with Gasteiger partial charge in [-0.1, -0.05) is 38.3 Å². The first-order valence-corrected chi connectivity index (χ1v) is 6.82. The second-order valence-electron chi connectivity index (χ2n) is 4.51. The Balaban J connectivity index is 2.86. The number of aromatic nitrogens is 2. The van der Waals surface area contributed by atoms with Gasteiger partial charge in [0.25, 0.3) is 0 Å². The predicted molar refractivity (Wildman–Crippen MR) is 71.4 cm³/mol. The summed E-state index contributed by atoms with van der Waals surface area (Å²) in [7, 11) is 0. The number of hydrogen-bond acceptors (Lipinski definition) is 2. The van der Waals surface area contributed by atoms with Crippen LogP contribution in [0.3, 0.4) is 0 Å². The molecule has 1 unspecified atom stereocenters. The third-order valence-electron chi connectivity index (χ3n) is 3.45. The molecular weight excluding hydrogens is 236 g/mol. The highest BCUT2D eigenvalue weighted by Gasteiger charge is 2.21. The van der Waals surface area contributed by atoms with Crippen molar-refractivity contribution >= 4 is 11.6 Å². The molecule has 1 N–H and O–H groups in total. The monoisotopic (exact) mass is 258 g/mol. The van der Waals surface area contributed by atoms with Crippen LogP contribution in [0.1, 0.15) is 45.0 Å². The van der Waals surface area contributed by atoms with Gasteiger partial charge in [0.2, 0.25) is 0 Å². The quantitative estimate of drug-likeness (QED) is 0.851. The van der Waals surface area contributed by atoms with E-state index in [1.165, 1.54) is 0 Å². The Hall–Kier alpha value is -0.540. The Morgan fingerprint density at radius 3 is 2.35 bits per heavy atom. The molecule has 1 aromatic rings. The highest BCUT2D eigenvalue weighted by molar-refractivity contribution is 6.31. The van der Waals surface area contributed by atoms with Crippen molar-refractivity contribution in [3.05, 3.63) is 16.4 Å². The fourth-order valence-electron chi connectivity index (χ4n) is 2.26. The van der Waals surface area contributed by atoms with Gasteiger partial charge in [-0.05, 0) is 19.8 Å². The Morgan fingerprint density at radius 1 is 1.29 bits per heavy atom. The highest BCUT2D eigenvalue weighted by atomic mass is 35.5.